The first-order chi connectivity index (χ1) is 4.43. The normalized spacial score (nSPS) is 28.3. The Bertz CT molecular complexity index is 70.7. The van der Waals surface area contributed by atoms with Gasteiger partial charge in [-0.2, -0.15) is 0 Å². The summed E-state index contributed by atoms with van der Waals surface area (Å²) in [4.78, 5) is 0. The van der Waals surface area contributed by atoms with E-state index in [0.29, 0.717) is 6.42 Å². The first kappa shape index (κ1) is 6.96. The Morgan fingerprint density at radius 1 is 1.67 bits per heavy atom. The zero-order chi connectivity index (χ0) is 6.53. The van der Waals surface area contributed by atoms with E-state index < -0.39 is 0 Å². The van der Waals surface area contributed by atoms with Gasteiger partial charge in [-0.1, -0.05) is 0 Å². The molecule has 3 heteroatoms. The molecule has 0 amide bonds. The van der Waals surface area contributed by atoms with Gasteiger partial charge < -0.3 is 10.1 Å². The molecule has 0 saturated carbocycles. The molecule has 9 heavy (non-hydrogen) atoms. The van der Waals surface area contributed by atoms with E-state index >= 15 is 0 Å². The molecule has 1 N–H and O–H groups in total. The summed E-state index contributed by atoms with van der Waals surface area (Å²) < 4.78 is 16.9. The Kier molecular flexibility index (Phi) is 2.94. The summed E-state index contributed by atoms with van der Waals surface area (Å²) in [6.07, 6.45) is 0.649. The second kappa shape index (κ2) is 3.80. The zero-order valence-corrected chi connectivity index (χ0v) is 5.40. The average molecular weight is 133 g/mol. The molecular weight excluding hydrogens is 121 g/mol. The first-order valence-corrected chi connectivity index (χ1v) is 3.32. The molecule has 54 valence electrons. The Morgan fingerprint density at radius 3 is 3.11 bits per heavy atom. The van der Waals surface area contributed by atoms with Crippen LogP contribution in [0.5, 0.6) is 0 Å². The van der Waals surface area contributed by atoms with Crippen LogP contribution in [0.25, 0.3) is 0 Å². The second-order valence-electron chi connectivity index (χ2n) is 2.17. The van der Waals surface area contributed by atoms with Gasteiger partial charge in [0.25, 0.3) is 0 Å². The molecule has 0 bridgehead atoms. The van der Waals surface area contributed by atoms with Gasteiger partial charge in [0.1, 0.15) is 0 Å². The summed E-state index contributed by atoms with van der Waals surface area (Å²) in [5.41, 5.74) is 0. The van der Waals surface area contributed by atoms with Crippen molar-refractivity contribution in [1.29, 1.82) is 0 Å². The fraction of sp³-hybridized carbons (Fsp3) is 1.00. The molecule has 1 saturated heterocycles. The largest absolute Gasteiger partial charge is 0.375 e. The Hall–Kier alpha value is -0.150. The van der Waals surface area contributed by atoms with E-state index in [9.17, 15) is 4.39 Å². The monoisotopic (exact) mass is 133 g/mol. The third kappa shape index (κ3) is 2.28. The smallest absolute Gasteiger partial charge is 0.0919 e. The van der Waals surface area contributed by atoms with Gasteiger partial charge in [-0.25, -0.2) is 0 Å². The molecule has 1 rings (SSSR count). The van der Waals surface area contributed by atoms with Crippen molar-refractivity contribution in [1.82, 2.24) is 5.32 Å². The predicted octanol–water partition coefficient (Wildman–Crippen LogP) is 0.334. The lowest BCUT2D eigenvalue weighted by atomic mass is 10.2. The summed E-state index contributed by atoms with van der Waals surface area (Å²) in [5, 5.41) is 3.13. The van der Waals surface area contributed by atoms with Crippen molar-refractivity contribution in [3.05, 3.63) is 0 Å². The SMILES string of the molecule is FCC[C@H]1CNCCO1. The van der Waals surface area contributed by atoms with E-state index in [0.717, 1.165) is 19.7 Å². The molecule has 0 aromatic rings. The van der Waals surface area contributed by atoms with E-state index in [-0.39, 0.29) is 12.8 Å². The van der Waals surface area contributed by atoms with Crippen molar-refractivity contribution in [2.45, 2.75) is 12.5 Å². The van der Waals surface area contributed by atoms with Crippen molar-refractivity contribution in [3.8, 4) is 0 Å². The van der Waals surface area contributed by atoms with Gasteiger partial charge in [-0.3, -0.25) is 4.39 Å². The third-order valence-corrected chi connectivity index (χ3v) is 1.44. The van der Waals surface area contributed by atoms with Gasteiger partial charge in [0.05, 0.1) is 19.4 Å². The van der Waals surface area contributed by atoms with Crippen LogP contribution in [0, 0.1) is 0 Å². The lowest BCUT2D eigenvalue weighted by Crippen LogP contribution is -2.38. The van der Waals surface area contributed by atoms with E-state index in [1.807, 2.05) is 0 Å². The Labute approximate surface area is 54.4 Å². The van der Waals surface area contributed by atoms with Crippen LogP contribution >= 0.6 is 0 Å². The van der Waals surface area contributed by atoms with Gasteiger partial charge >= 0.3 is 0 Å². The number of halogens is 1. The average Bonchev–Trinajstić information content (AvgIpc) is 1.91. The number of hydrogen-bond donors (Lipinski definition) is 1. The van der Waals surface area contributed by atoms with Crippen molar-refractivity contribution < 1.29 is 9.13 Å². The van der Waals surface area contributed by atoms with Crippen LogP contribution < -0.4 is 5.32 Å². The van der Waals surface area contributed by atoms with Crippen molar-refractivity contribution in [2.24, 2.45) is 0 Å². The number of nitrogens with one attached hydrogen (secondary N) is 1. The van der Waals surface area contributed by atoms with Gasteiger partial charge in [-0.05, 0) is 0 Å². The highest BCUT2D eigenvalue weighted by atomic mass is 19.1. The molecule has 0 unspecified atom stereocenters. The highest BCUT2D eigenvalue weighted by Gasteiger charge is 2.11. The third-order valence-electron chi connectivity index (χ3n) is 1.44. The van der Waals surface area contributed by atoms with Crippen LogP contribution in [0.15, 0.2) is 0 Å². The van der Waals surface area contributed by atoms with E-state index in [4.69, 9.17) is 4.74 Å². The lowest BCUT2D eigenvalue weighted by molar-refractivity contribution is 0.0199. The molecule has 1 aliphatic heterocycles. The fourth-order valence-electron chi connectivity index (χ4n) is 0.927. The molecule has 0 aromatic carbocycles. The summed E-state index contributed by atoms with van der Waals surface area (Å²) in [5.74, 6) is 0. The van der Waals surface area contributed by atoms with Crippen LogP contribution in [0.1, 0.15) is 6.42 Å². The van der Waals surface area contributed by atoms with Gasteiger partial charge in [-0.15, -0.1) is 0 Å². The van der Waals surface area contributed by atoms with Crippen molar-refractivity contribution in [3.63, 3.8) is 0 Å². The molecule has 1 heterocycles. The molecule has 2 nitrogen and oxygen atoms in total. The number of ether oxygens (including phenoxy) is 1. The van der Waals surface area contributed by atoms with E-state index in [2.05, 4.69) is 5.32 Å². The predicted molar refractivity (Wildman–Crippen MR) is 33.2 cm³/mol. The number of hydrogen-bond acceptors (Lipinski definition) is 2. The Balaban J connectivity index is 2.08. The Morgan fingerprint density at radius 2 is 2.56 bits per heavy atom. The molecule has 1 fully saturated rings. The van der Waals surface area contributed by atoms with Gasteiger partial charge in [0, 0.05) is 19.5 Å². The maximum atomic E-state index is 11.7. The number of morpholine rings is 1. The first-order valence-electron chi connectivity index (χ1n) is 3.32. The topological polar surface area (TPSA) is 21.3 Å². The molecule has 0 aromatic heterocycles. The molecular formula is C6H12FNO. The number of alkyl halides is 1. The van der Waals surface area contributed by atoms with Crippen LogP contribution in [-0.2, 0) is 4.74 Å². The second-order valence-corrected chi connectivity index (χ2v) is 2.17. The summed E-state index contributed by atoms with van der Waals surface area (Å²) in [7, 11) is 0. The minimum Gasteiger partial charge on any atom is -0.375 e. The van der Waals surface area contributed by atoms with Crippen LogP contribution in [0.2, 0.25) is 0 Å². The minimum atomic E-state index is -0.271. The van der Waals surface area contributed by atoms with Crippen LogP contribution in [0.3, 0.4) is 0 Å². The summed E-state index contributed by atoms with van der Waals surface area (Å²) in [6.45, 7) is 2.17. The molecule has 0 spiro atoms. The molecule has 0 radical (unpaired) electrons. The maximum absolute atomic E-state index is 11.7. The summed E-state index contributed by atoms with van der Waals surface area (Å²) >= 11 is 0. The maximum Gasteiger partial charge on any atom is 0.0919 e. The summed E-state index contributed by atoms with van der Waals surface area (Å²) in [6, 6.07) is 0. The number of rotatable bonds is 2. The van der Waals surface area contributed by atoms with Crippen molar-refractivity contribution in [2.75, 3.05) is 26.4 Å². The standard InChI is InChI=1S/C6H12FNO/c7-2-1-6-5-8-3-4-9-6/h6,8H,1-5H2/t6-/m0/s1. The van der Waals surface area contributed by atoms with Gasteiger partial charge in [0.15, 0.2) is 0 Å². The highest BCUT2D eigenvalue weighted by molar-refractivity contribution is 4.65. The molecule has 1 atom stereocenters. The minimum absolute atomic E-state index is 0.115. The fourth-order valence-corrected chi connectivity index (χ4v) is 0.927. The highest BCUT2D eigenvalue weighted by Crippen LogP contribution is 2.00. The van der Waals surface area contributed by atoms with Crippen LogP contribution in [-0.4, -0.2) is 32.5 Å². The van der Waals surface area contributed by atoms with Crippen LogP contribution in [0.4, 0.5) is 4.39 Å². The van der Waals surface area contributed by atoms with Gasteiger partial charge in [0.2, 0.25) is 0 Å². The lowest BCUT2D eigenvalue weighted by Gasteiger charge is -2.22. The molecule has 0 aliphatic carbocycles. The quantitative estimate of drug-likeness (QED) is 0.586. The van der Waals surface area contributed by atoms with E-state index in [1.165, 1.54) is 0 Å². The zero-order valence-electron chi connectivity index (χ0n) is 5.40. The van der Waals surface area contributed by atoms with E-state index in [1.54, 1.807) is 0 Å². The van der Waals surface area contributed by atoms with Crippen molar-refractivity contribution >= 4 is 0 Å². The molecule has 1 aliphatic rings.